The van der Waals surface area contributed by atoms with Gasteiger partial charge in [-0.3, -0.25) is 4.79 Å². The number of hydrogen-bond donors (Lipinski definition) is 0. The zero-order valence-corrected chi connectivity index (χ0v) is 21.9. The molecule has 6 heteroatoms. The van der Waals surface area contributed by atoms with Crippen LogP contribution in [0, 0.1) is 30.1 Å². The second-order valence-corrected chi connectivity index (χ2v) is 9.27. The van der Waals surface area contributed by atoms with Crippen molar-refractivity contribution in [1.82, 2.24) is 4.90 Å². The number of aryl methyl sites for hydroxylation is 1. The molecule has 0 N–H and O–H groups in total. The van der Waals surface area contributed by atoms with Crippen molar-refractivity contribution in [3.63, 3.8) is 0 Å². The predicted octanol–water partition coefficient (Wildman–Crippen LogP) is 5.34. The number of nitrogens with zero attached hydrogens (tertiary/aromatic N) is 3. The fourth-order valence-corrected chi connectivity index (χ4v) is 4.50. The Bertz CT molecular complexity index is 1400. The lowest BCUT2D eigenvalue weighted by Gasteiger charge is -2.23. The van der Waals surface area contributed by atoms with Crippen molar-refractivity contribution in [2.75, 3.05) is 31.1 Å². The van der Waals surface area contributed by atoms with E-state index in [-0.39, 0.29) is 11.9 Å². The maximum Gasteiger partial charge on any atom is 0.338 e. The maximum atomic E-state index is 12.8. The van der Waals surface area contributed by atoms with Crippen LogP contribution in [0.3, 0.4) is 0 Å². The number of rotatable bonds is 7. The molecule has 1 aliphatic heterocycles. The molecule has 192 valence electrons. The summed E-state index contributed by atoms with van der Waals surface area (Å²) in [5.74, 6) is 6.24. The minimum absolute atomic E-state index is 0.0945. The Labute approximate surface area is 224 Å². The van der Waals surface area contributed by atoms with E-state index in [9.17, 15) is 14.9 Å². The SMILES string of the molecule is CCOC(=O)c1ccc(CN(CC#Cc2ccc(C(=O)N3CCCC3)c(C)c2)c2cccc(C#N)c2)cc1. The van der Waals surface area contributed by atoms with Gasteiger partial charge in [-0.15, -0.1) is 0 Å². The molecule has 38 heavy (non-hydrogen) atoms. The van der Waals surface area contributed by atoms with E-state index in [0.717, 1.165) is 53.9 Å². The van der Waals surface area contributed by atoms with Gasteiger partial charge in [-0.2, -0.15) is 5.26 Å². The number of anilines is 1. The van der Waals surface area contributed by atoms with Crippen molar-refractivity contribution in [2.45, 2.75) is 33.2 Å². The normalized spacial score (nSPS) is 12.3. The topological polar surface area (TPSA) is 73.6 Å². The number of hydrogen-bond acceptors (Lipinski definition) is 5. The summed E-state index contributed by atoms with van der Waals surface area (Å²) < 4.78 is 5.07. The molecule has 0 aliphatic carbocycles. The van der Waals surface area contributed by atoms with Gasteiger partial charge in [0.1, 0.15) is 0 Å². The van der Waals surface area contributed by atoms with Crippen LogP contribution < -0.4 is 4.90 Å². The average molecular weight is 506 g/mol. The molecule has 0 aromatic heterocycles. The lowest BCUT2D eigenvalue weighted by atomic mass is 10.0. The van der Waals surface area contributed by atoms with Crippen LogP contribution in [0.5, 0.6) is 0 Å². The van der Waals surface area contributed by atoms with Gasteiger partial charge < -0.3 is 14.5 Å². The van der Waals surface area contributed by atoms with Gasteiger partial charge in [0.25, 0.3) is 5.91 Å². The van der Waals surface area contributed by atoms with Gasteiger partial charge in [-0.1, -0.05) is 30.0 Å². The fraction of sp³-hybridized carbons (Fsp3) is 0.281. The van der Waals surface area contributed by atoms with Crippen LogP contribution in [0.4, 0.5) is 5.69 Å². The minimum Gasteiger partial charge on any atom is -0.462 e. The van der Waals surface area contributed by atoms with E-state index in [1.165, 1.54) is 0 Å². The molecule has 1 fully saturated rings. The molecule has 1 saturated heterocycles. The van der Waals surface area contributed by atoms with Crippen molar-refractivity contribution in [3.8, 4) is 17.9 Å². The Kier molecular flexibility index (Phi) is 8.80. The highest BCUT2D eigenvalue weighted by Gasteiger charge is 2.20. The molecule has 3 aromatic carbocycles. The third-order valence-electron chi connectivity index (χ3n) is 6.53. The highest BCUT2D eigenvalue weighted by atomic mass is 16.5. The van der Waals surface area contributed by atoms with Crippen LogP contribution >= 0.6 is 0 Å². The molecule has 3 aromatic rings. The number of nitriles is 1. The molecule has 0 bridgehead atoms. The van der Waals surface area contributed by atoms with Crippen LogP contribution in [-0.4, -0.2) is 43.0 Å². The first-order valence-electron chi connectivity index (χ1n) is 12.9. The van der Waals surface area contributed by atoms with E-state index in [1.807, 2.05) is 60.4 Å². The molecule has 1 amide bonds. The predicted molar refractivity (Wildman–Crippen MR) is 148 cm³/mol. The summed E-state index contributed by atoms with van der Waals surface area (Å²) in [6, 6.07) is 22.7. The Morgan fingerprint density at radius 2 is 1.76 bits per heavy atom. The Morgan fingerprint density at radius 1 is 1.00 bits per heavy atom. The molecule has 0 radical (unpaired) electrons. The molecular weight excluding hydrogens is 474 g/mol. The number of benzene rings is 3. The summed E-state index contributed by atoms with van der Waals surface area (Å²) in [7, 11) is 0. The van der Waals surface area contributed by atoms with Crippen LogP contribution in [0.25, 0.3) is 0 Å². The molecule has 0 unspecified atom stereocenters. The zero-order chi connectivity index (χ0) is 26.9. The zero-order valence-electron chi connectivity index (χ0n) is 21.9. The Hall–Kier alpha value is -4.55. The van der Waals surface area contributed by atoms with Crippen LogP contribution in [0.1, 0.15) is 62.7 Å². The van der Waals surface area contributed by atoms with Crippen LogP contribution in [0.15, 0.2) is 66.7 Å². The smallest absolute Gasteiger partial charge is 0.338 e. The van der Waals surface area contributed by atoms with Gasteiger partial charge in [-0.25, -0.2) is 4.79 Å². The summed E-state index contributed by atoms with van der Waals surface area (Å²) in [6.07, 6.45) is 2.13. The number of amides is 1. The standard InChI is InChI=1S/C32H31N3O3/c1-3-38-32(37)28-14-11-26(12-15-28)23-35(29-10-6-8-27(21-29)22-33)19-7-9-25-13-16-30(24(2)20-25)31(36)34-17-4-5-18-34/h6,8,10-16,20-21H,3-5,17-19,23H2,1-2H3. The largest absolute Gasteiger partial charge is 0.462 e. The van der Waals surface area contributed by atoms with Gasteiger partial charge in [0.2, 0.25) is 0 Å². The van der Waals surface area contributed by atoms with E-state index >= 15 is 0 Å². The number of ether oxygens (including phenoxy) is 1. The first-order valence-corrected chi connectivity index (χ1v) is 12.9. The molecule has 6 nitrogen and oxygen atoms in total. The quantitative estimate of drug-likeness (QED) is 0.320. The Morgan fingerprint density at radius 3 is 2.45 bits per heavy atom. The van der Waals surface area contributed by atoms with Crippen molar-refractivity contribution >= 4 is 17.6 Å². The molecule has 0 saturated carbocycles. The summed E-state index contributed by atoms with van der Waals surface area (Å²) in [5, 5.41) is 9.37. The highest BCUT2D eigenvalue weighted by molar-refractivity contribution is 5.96. The van der Waals surface area contributed by atoms with Crippen molar-refractivity contribution in [3.05, 3.63) is 100 Å². The average Bonchev–Trinajstić information content (AvgIpc) is 3.48. The van der Waals surface area contributed by atoms with Gasteiger partial charge in [0, 0.05) is 36.4 Å². The van der Waals surface area contributed by atoms with Gasteiger partial charge >= 0.3 is 5.97 Å². The summed E-state index contributed by atoms with van der Waals surface area (Å²) >= 11 is 0. The molecule has 4 rings (SSSR count). The van der Waals surface area contributed by atoms with E-state index in [0.29, 0.717) is 30.8 Å². The van der Waals surface area contributed by atoms with E-state index in [4.69, 9.17) is 4.74 Å². The fourth-order valence-electron chi connectivity index (χ4n) is 4.50. The molecule has 0 atom stereocenters. The number of carbonyl (C=O) groups excluding carboxylic acids is 2. The lowest BCUT2D eigenvalue weighted by molar-refractivity contribution is 0.0526. The van der Waals surface area contributed by atoms with E-state index in [2.05, 4.69) is 22.8 Å². The molecule has 1 aliphatic rings. The van der Waals surface area contributed by atoms with Gasteiger partial charge in [0.15, 0.2) is 0 Å². The summed E-state index contributed by atoms with van der Waals surface area (Å²) in [6.45, 7) is 6.71. The monoisotopic (exact) mass is 505 g/mol. The summed E-state index contributed by atoms with van der Waals surface area (Å²) in [4.78, 5) is 28.8. The van der Waals surface area contributed by atoms with Crippen molar-refractivity contribution in [2.24, 2.45) is 0 Å². The Balaban J connectivity index is 1.52. The first-order chi connectivity index (χ1) is 18.5. The molecule has 1 heterocycles. The summed E-state index contributed by atoms with van der Waals surface area (Å²) in [5.41, 5.74) is 5.48. The maximum absolute atomic E-state index is 12.8. The van der Waals surface area contributed by atoms with E-state index < -0.39 is 0 Å². The number of esters is 1. The third-order valence-corrected chi connectivity index (χ3v) is 6.53. The van der Waals surface area contributed by atoms with Crippen LogP contribution in [0.2, 0.25) is 0 Å². The van der Waals surface area contributed by atoms with Crippen LogP contribution in [-0.2, 0) is 11.3 Å². The molecular formula is C32H31N3O3. The second kappa shape index (κ2) is 12.6. The van der Waals surface area contributed by atoms with Crippen molar-refractivity contribution in [1.29, 1.82) is 5.26 Å². The number of likely N-dealkylation sites (tertiary alicyclic amines) is 1. The highest BCUT2D eigenvalue weighted by Crippen LogP contribution is 2.20. The third kappa shape index (κ3) is 6.60. The molecule has 0 spiro atoms. The van der Waals surface area contributed by atoms with Gasteiger partial charge in [-0.05, 0) is 86.3 Å². The van der Waals surface area contributed by atoms with Crippen molar-refractivity contribution < 1.29 is 14.3 Å². The number of carbonyl (C=O) groups is 2. The van der Waals surface area contributed by atoms with E-state index in [1.54, 1.807) is 25.1 Å². The van der Waals surface area contributed by atoms with Gasteiger partial charge in [0.05, 0.1) is 30.3 Å². The second-order valence-electron chi connectivity index (χ2n) is 9.27. The minimum atomic E-state index is -0.341. The lowest BCUT2D eigenvalue weighted by Crippen LogP contribution is -2.28. The first kappa shape index (κ1) is 26.5.